The van der Waals surface area contributed by atoms with Crippen LogP contribution in [0.2, 0.25) is 0 Å². The van der Waals surface area contributed by atoms with Crippen molar-refractivity contribution in [3.8, 4) is 0 Å². The Morgan fingerprint density at radius 1 is 1.31 bits per heavy atom. The zero-order valence-corrected chi connectivity index (χ0v) is 18.4. The average Bonchev–Trinajstić information content (AvgIpc) is 3.07. The molecule has 1 atom stereocenters. The topological polar surface area (TPSA) is 92.5 Å². The number of aromatic nitrogens is 1. The van der Waals surface area contributed by atoms with Gasteiger partial charge < -0.3 is 9.84 Å². The number of carbonyl (C=O) groups excluding carboxylic acids is 1. The largest absolute Gasteiger partial charge is 0.360 e. The maximum Gasteiger partial charge on any atom is 0.248 e. The van der Waals surface area contributed by atoms with E-state index in [1.54, 1.807) is 25.6 Å². The van der Waals surface area contributed by atoms with Crippen molar-refractivity contribution in [3.05, 3.63) is 47.3 Å². The fraction of sp³-hybridized carbons (Fsp3) is 0.500. The van der Waals surface area contributed by atoms with E-state index in [1.807, 2.05) is 18.2 Å². The third-order valence-corrected chi connectivity index (χ3v) is 8.12. The lowest BCUT2D eigenvalue weighted by Gasteiger charge is -2.31. The molecule has 0 bridgehead atoms. The molecule has 0 radical (unpaired) electrons. The molecular formula is C20H27N3O4S2. The van der Waals surface area contributed by atoms with Crippen LogP contribution in [0, 0.1) is 19.8 Å². The number of carbonyl (C=O) groups is 1. The second kappa shape index (κ2) is 9.77. The molecule has 29 heavy (non-hydrogen) atoms. The summed E-state index contributed by atoms with van der Waals surface area (Å²) in [4.78, 5) is 12.7. The van der Waals surface area contributed by atoms with Gasteiger partial charge in [-0.15, -0.1) is 0 Å². The van der Waals surface area contributed by atoms with E-state index < -0.39 is 10.0 Å². The molecule has 9 heteroatoms. The first kappa shape index (κ1) is 21.9. The number of hydrogen-bond acceptors (Lipinski definition) is 6. The third-order valence-electron chi connectivity index (χ3n) is 4.98. The van der Waals surface area contributed by atoms with E-state index in [2.05, 4.69) is 22.6 Å². The molecule has 3 rings (SSSR count). The second-order valence-corrected chi connectivity index (χ2v) is 10.2. The Labute approximate surface area is 176 Å². The summed E-state index contributed by atoms with van der Waals surface area (Å²) in [5.74, 6) is 1.59. The van der Waals surface area contributed by atoms with E-state index in [0.29, 0.717) is 31.6 Å². The van der Waals surface area contributed by atoms with Gasteiger partial charge in [0.2, 0.25) is 15.9 Å². The molecule has 1 N–H and O–H groups in total. The van der Waals surface area contributed by atoms with Gasteiger partial charge in [0.05, 0.1) is 5.92 Å². The Morgan fingerprint density at radius 2 is 2.07 bits per heavy atom. The summed E-state index contributed by atoms with van der Waals surface area (Å²) < 4.78 is 32.4. The van der Waals surface area contributed by atoms with Crippen molar-refractivity contribution in [2.24, 2.45) is 5.92 Å². The van der Waals surface area contributed by atoms with Gasteiger partial charge in [-0.25, -0.2) is 8.42 Å². The molecule has 1 amide bonds. The Kier molecular flexibility index (Phi) is 7.37. The van der Waals surface area contributed by atoms with Gasteiger partial charge in [-0.1, -0.05) is 35.5 Å². The summed E-state index contributed by atoms with van der Waals surface area (Å²) in [5, 5.41) is 6.70. The predicted octanol–water partition coefficient (Wildman–Crippen LogP) is 2.74. The molecule has 1 fully saturated rings. The van der Waals surface area contributed by atoms with Gasteiger partial charge in [-0.05, 0) is 32.3 Å². The van der Waals surface area contributed by atoms with Crippen LogP contribution in [0.3, 0.4) is 0 Å². The molecule has 1 unspecified atom stereocenters. The van der Waals surface area contributed by atoms with Gasteiger partial charge in [0.15, 0.2) is 5.76 Å². The summed E-state index contributed by atoms with van der Waals surface area (Å²) in [7, 11) is -3.71. The van der Waals surface area contributed by atoms with Crippen molar-refractivity contribution in [1.29, 1.82) is 0 Å². The summed E-state index contributed by atoms with van der Waals surface area (Å²) in [6.45, 7) is 4.38. The molecule has 1 aliphatic heterocycles. The monoisotopic (exact) mass is 437 g/mol. The first-order chi connectivity index (χ1) is 13.9. The van der Waals surface area contributed by atoms with E-state index >= 15 is 0 Å². The molecule has 1 aliphatic rings. The van der Waals surface area contributed by atoms with Gasteiger partial charge in [0.1, 0.15) is 10.6 Å². The van der Waals surface area contributed by atoms with Crippen molar-refractivity contribution < 1.29 is 17.7 Å². The number of aryl methyl sites for hydroxylation is 2. The summed E-state index contributed by atoms with van der Waals surface area (Å²) >= 11 is 1.76. The molecule has 1 aromatic carbocycles. The standard InChI is InChI=1S/C20H27N3O4S2/c1-15-19(16(2)27-22-15)29(25,26)23-11-6-9-18(13-23)20(24)21-10-12-28-14-17-7-4-3-5-8-17/h3-5,7-8,18H,6,9-14H2,1-2H3,(H,21,24). The minimum absolute atomic E-state index is 0.0797. The third kappa shape index (κ3) is 5.40. The number of sulfonamides is 1. The molecule has 1 aromatic heterocycles. The highest BCUT2D eigenvalue weighted by Gasteiger charge is 2.36. The number of rotatable bonds is 8. The molecule has 158 valence electrons. The maximum atomic E-state index is 13.0. The maximum absolute atomic E-state index is 13.0. The van der Waals surface area contributed by atoms with Crippen LogP contribution in [-0.2, 0) is 20.6 Å². The highest BCUT2D eigenvalue weighted by atomic mass is 32.2. The normalized spacial score (nSPS) is 17.9. The molecule has 2 aromatic rings. The van der Waals surface area contributed by atoms with Gasteiger partial charge in [-0.3, -0.25) is 4.79 Å². The molecule has 7 nitrogen and oxygen atoms in total. The fourth-order valence-electron chi connectivity index (χ4n) is 3.50. The van der Waals surface area contributed by atoms with E-state index in [4.69, 9.17) is 4.52 Å². The van der Waals surface area contributed by atoms with E-state index in [0.717, 1.165) is 11.5 Å². The fourth-order valence-corrected chi connectivity index (χ4v) is 6.14. The molecular weight excluding hydrogens is 410 g/mol. The van der Waals surface area contributed by atoms with Crippen molar-refractivity contribution in [2.75, 3.05) is 25.4 Å². The van der Waals surface area contributed by atoms with Crippen LogP contribution < -0.4 is 5.32 Å². The lowest BCUT2D eigenvalue weighted by molar-refractivity contribution is -0.125. The Hall–Kier alpha value is -1.84. The van der Waals surface area contributed by atoms with Crippen molar-refractivity contribution >= 4 is 27.7 Å². The van der Waals surface area contributed by atoms with Crippen LogP contribution in [0.5, 0.6) is 0 Å². The lowest BCUT2D eigenvalue weighted by atomic mass is 9.99. The number of piperidine rings is 1. The highest BCUT2D eigenvalue weighted by molar-refractivity contribution is 7.98. The minimum atomic E-state index is -3.71. The predicted molar refractivity (Wildman–Crippen MR) is 113 cm³/mol. The average molecular weight is 438 g/mol. The zero-order chi connectivity index (χ0) is 20.9. The molecule has 0 aliphatic carbocycles. The SMILES string of the molecule is Cc1noc(C)c1S(=O)(=O)N1CCCC(C(=O)NCCSCc2ccccc2)C1. The summed E-state index contributed by atoms with van der Waals surface area (Å²) in [5.41, 5.74) is 1.61. The quantitative estimate of drug-likeness (QED) is 0.639. The van der Waals surface area contributed by atoms with E-state index in [9.17, 15) is 13.2 Å². The Bertz CT molecular complexity index is 909. The number of benzene rings is 1. The molecule has 2 heterocycles. The van der Waals surface area contributed by atoms with Gasteiger partial charge in [0, 0.05) is 31.1 Å². The van der Waals surface area contributed by atoms with Gasteiger partial charge >= 0.3 is 0 Å². The number of amides is 1. The van der Waals surface area contributed by atoms with Crippen LogP contribution in [-0.4, -0.2) is 49.2 Å². The second-order valence-electron chi connectivity index (χ2n) is 7.18. The number of hydrogen-bond donors (Lipinski definition) is 1. The highest BCUT2D eigenvalue weighted by Crippen LogP contribution is 2.27. The van der Waals surface area contributed by atoms with E-state index in [-0.39, 0.29) is 29.0 Å². The number of nitrogens with one attached hydrogen (secondary N) is 1. The molecule has 1 saturated heterocycles. The van der Waals surface area contributed by atoms with Gasteiger partial charge in [-0.2, -0.15) is 16.1 Å². The molecule has 0 saturated carbocycles. The Morgan fingerprint density at radius 3 is 2.76 bits per heavy atom. The van der Waals surface area contributed by atoms with Crippen molar-refractivity contribution in [2.45, 2.75) is 37.3 Å². The van der Waals surface area contributed by atoms with Crippen LogP contribution >= 0.6 is 11.8 Å². The zero-order valence-electron chi connectivity index (χ0n) is 16.8. The first-order valence-corrected chi connectivity index (χ1v) is 12.3. The minimum Gasteiger partial charge on any atom is -0.360 e. The lowest BCUT2D eigenvalue weighted by Crippen LogP contribution is -2.45. The molecule has 0 spiro atoms. The van der Waals surface area contributed by atoms with Crippen molar-refractivity contribution in [3.63, 3.8) is 0 Å². The number of thioether (sulfide) groups is 1. The first-order valence-electron chi connectivity index (χ1n) is 9.72. The summed E-state index contributed by atoms with van der Waals surface area (Å²) in [6.07, 6.45) is 1.35. The number of nitrogens with zero attached hydrogens (tertiary/aromatic N) is 2. The van der Waals surface area contributed by atoms with Crippen molar-refractivity contribution in [1.82, 2.24) is 14.8 Å². The smallest absolute Gasteiger partial charge is 0.248 e. The van der Waals surface area contributed by atoms with E-state index in [1.165, 1.54) is 9.87 Å². The summed E-state index contributed by atoms with van der Waals surface area (Å²) in [6, 6.07) is 10.2. The van der Waals surface area contributed by atoms with Crippen LogP contribution in [0.4, 0.5) is 0 Å². The van der Waals surface area contributed by atoms with Crippen LogP contribution in [0.1, 0.15) is 29.9 Å². The van der Waals surface area contributed by atoms with Crippen LogP contribution in [0.25, 0.3) is 0 Å². The van der Waals surface area contributed by atoms with Crippen LogP contribution in [0.15, 0.2) is 39.8 Å². The Balaban J connectivity index is 1.49. The van der Waals surface area contributed by atoms with Gasteiger partial charge in [0.25, 0.3) is 0 Å².